The lowest BCUT2D eigenvalue weighted by Crippen LogP contribution is -2.39. The van der Waals surface area contributed by atoms with E-state index < -0.39 is 5.97 Å². The van der Waals surface area contributed by atoms with Crippen molar-refractivity contribution in [2.75, 3.05) is 6.54 Å². The highest BCUT2D eigenvalue weighted by atomic mass is 19.1. The van der Waals surface area contributed by atoms with Gasteiger partial charge in [-0.05, 0) is 85.8 Å². The molecule has 2 aromatic carbocycles. The minimum atomic E-state index is -0.781. The number of benzene rings is 2. The maximum atomic E-state index is 15.4. The molecule has 1 N–H and O–H groups in total. The number of carbonyl (C=O) groups excluding carboxylic acids is 1. The van der Waals surface area contributed by atoms with Crippen LogP contribution in [0.25, 0.3) is 16.9 Å². The summed E-state index contributed by atoms with van der Waals surface area (Å²) in [6.07, 6.45) is 4.59. The maximum Gasteiger partial charge on any atom is 0.303 e. The van der Waals surface area contributed by atoms with Crippen LogP contribution >= 0.6 is 0 Å². The molecule has 40 heavy (non-hydrogen) atoms. The molecular weight excluding hydrogens is 507 g/mol. The minimum Gasteiger partial charge on any atom is -0.481 e. The van der Waals surface area contributed by atoms with Crippen molar-refractivity contribution in [3.05, 3.63) is 88.5 Å². The summed E-state index contributed by atoms with van der Waals surface area (Å²) < 4.78 is 17.1. The smallest absolute Gasteiger partial charge is 0.303 e. The molecule has 7 rings (SSSR count). The van der Waals surface area contributed by atoms with Gasteiger partial charge in [0.25, 0.3) is 5.91 Å². The molecule has 3 aliphatic rings. The minimum absolute atomic E-state index is 0.0389. The lowest BCUT2D eigenvalue weighted by molar-refractivity contribution is -0.138. The largest absolute Gasteiger partial charge is 0.481 e. The van der Waals surface area contributed by atoms with Crippen molar-refractivity contribution < 1.29 is 19.1 Å². The fourth-order valence-corrected chi connectivity index (χ4v) is 6.52. The average Bonchev–Trinajstić information content (AvgIpc) is 3.68. The highest BCUT2D eigenvalue weighted by molar-refractivity contribution is 5.93. The van der Waals surface area contributed by atoms with Crippen LogP contribution in [-0.2, 0) is 11.2 Å². The first-order valence-electron chi connectivity index (χ1n) is 14.2. The Kier molecular flexibility index (Phi) is 5.95. The van der Waals surface area contributed by atoms with E-state index in [2.05, 4.69) is 19.1 Å². The molecule has 0 unspecified atom stereocenters. The molecule has 204 valence electrons. The Balaban J connectivity index is 1.18. The topological polar surface area (TPSA) is 87.8 Å². The van der Waals surface area contributed by atoms with Crippen molar-refractivity contribution in [3.8, 4) is 11.3 Å². The predicted molar refractivity (Wildman–Crippen MR) is 148 cm³/mol. The normalized spacial score (nSPS) is 22.1. The van der Waals surface area contributed by atoms with Gasteiger partial charge in [0.05, 0.1) is 11.7 Å². The first-order chi connectivity index (χ1) is 19.4. The zero-order valence-corrected chi connectivity index (χ0v) is 22.4. The number of rotatable bonds is 6. The van der Waals surface area contributed by atoms with E-state index in [-0.39, 0.29) is 36.0 Å². The van der Waals surface area contributed by atoms with Gasteiger partial charge >= 0.3 is 5.97 Å². The van der Waals surface area contributed by atoms with E-state index in [1.807, 2.05) is 29.2 Å². The van der Waals surface area contributed by atoms with Crippen LogP contribution in [0, 0.1) is 11.7 Å². The van der Waals surface area contributed by atoms with Crippen LogP contribution in [0.3, 0.4) is 0 Å². The number of aliphatic carboxylic acids is 1. The highest BCUT2D eigenvalue weighted by Gasteiger charge is 2.34. The summed E-state index contributed by atoms with van der Waals surface area (Å²) in [7, 11) is 0. The van der Waals surface area contributed by atoms with Crippen molar-refractivity contribution >= 4 is 17.5 Å². The van der Waals surface area contributed by atoms with Gasteiger partial charge < -0.3 is 10.0 Å². The molecule has 0 saturated heterocycles. The zero-order valence-electron chi connectivity index (χ0n) is 22.4. The number of carboxylic acids is 1. The van der Waals surface area contributed by atoms with Crippen LogP contribution in [0.4, 0.5) is 4.39 Å². The van der Waals surface area contributed by atoms with Crippen molar-refractivity contribution in [2.24, 2.45) is 5.92 Å². The Bertz CT molecular complexity index is 1650. The second kappa shape index (κ2) is 9.54. The standard InChI is InChI=1S/C32H31FN4O3/c1-18-24-5-3-2-4-20(24)10-11-36(18)32(40)28-16-29(21-6-7-21)37-30(34-28)17-27(35-37)25-9-8-22(15-26(25)33)23-12-19(13-23)14-31(38)39/h2-5,8-9,15-19,21,23H,6-7,10-14H2,1H3,(H,38,39)/t18-,19?,23?/m1/s1. The number of fused-ring (bicyclic) bond motifs is 2. The number of carboxylic acid groups (broad SMARTS) is 1. The van der Waals surface area contributed by atoms with Crippen LogP contribution < -0.4 is 0 Å². The van der Waals surface area contributed by atoms with E-state index in [0.29, 0.717) is 35.1 Å². The Morgan fingerprint density at radius 2 is 1.85 bits per heavy atom. The molecule has 8 heteroatoms. The molecule has 2 aromatic heterocycles. The van der Waals surface area contributed by atoms with Gasteiger partial charge in [0.2, 0.25) is 0 Å². The van der Waals surface area contributed by atoms with E-state index in [1.165, 1.54) is 11.1 Å². The molecule has 0 bridgehead atoms. The maximum absolute atomic E-state index is 15.4. The molecule has 2 aliphatic carbocycles. The number of halogens is 1. The molecule has 2 saturated carbocycles. The van der Waals surface area contributed by atoms with E-state index in [1.54, 1.807) is 22.7 Å². The fourth-order valence-electron chi connectivity index (χ4n) is 6.52. The van der Waals surface area contributed by atoms with Crippen molar-refractivity contribution in [2.45, 2.75) is 63.3 Å². The van der Waals surface area contributed by atoms with Crippen molar-refractivity contribution in [1.29, 1.82) is 0 Å². The Labute approximate surface area is 231 Å². The number of hydrogen-bond donors (Lipinski definition) is 1. The van der Waals surface area contributed by atoms with Gasteiger partial charge in [0.1, 0.15) is 11.5 Å². The molecule has 0 radical (unpaired) electrons. The molecule has 1 atom stereocenters. The monoisotopic (exact) mass is 538 g/mol. The first kappa shape index (κ1) is 24.9. The summed E-state index contributed by atoms with van der Waals surface area (Å²) in [5.41, 5.74) is 6.14. The molecule has 1 aliphatic heterocycles. The summed E-state index contributed by atoms with van der Waals surface area (Å²) >= 11 is 0. The number of amides is 1. The van der Waals surface area contributed by atoms with Gasteiger partial charge in [-0.1, -0.05) is 30.3 Å². The van der Waals surface area contributed by atoms with Crippen molar-refractivity contribution in [1.82, 2.24) is 19.5 Å². The molecule has 0 spiro atoms. The Hall–Kier alpha value is -4.07. The van der Waals surface area contributed by atoms with Crippen LogP contribution in [-0.4, -0.2) is 43.0 Å². The van der Waals surface area contributed by atoms with E-state index in [0.717, 1.165) is 43.4 Å². The number of hydrogen-bond acceptors (Lipinski definition) is 4. The number of carbonyl (C=O) groups is 2. The van der Waals surface area contributed by atoms with Gasteiger partial charge in [-0.15, -0.1) is 0 Å². The van der Waals surface area contributed by atoms with Gasteiger partial charge in [0.15, 0.2) is 5.65 Å². The summed E-state index contributed by atoms with van der Waals surface area (Å²) in [5, 5.41) is 13.7. The van der Waals surface area contributed by atoms with Crippen LogP contribution in [0.15, 0.2) is 54.6 Å². The first-order valence-corrected chi connectivity index (χ1v) is 14.2. The quantitative estimate of drug-likeness (QED) is 0.319. The second-order valence-electron chi connectivity index (χ2n) is 11.6. The van der Waals surface area contributed by atoms with Gasteiger partial charge in [0, 0.05) is 36.2 Å². The third kappa shape index (κ3) is 4.35. The fraction of sp³-hybridized carbons (Fsp3) is 0.375. The van der Waals surface area contributed by atoms with Crippen molar-refractivity contribution in [3.63, 3.8) is 0 Å². The number of aromatic nitrogens is 3. The predicted octanol–water partition coefficient (Wildman–Crippen LogP) is 6.14. The van der Waals surface area contributed by atoms with Gasteiger partial charge in [-0.25, -0.2) is 13.9 Å². The third-order valence-corrected chi connectivity index (χ3v) is 8.96. The summed E-state index contributed by atoms with van der Waals surface area (Å²) in [6.45, 7) is 2.71. The summed E-state index contributed by atoms with van der Waals surface area (Å²) in [5.74, 6) is -0.561. The highest BCUT2D eigenvalue weighted by Crippen LogP contribution is 2.44. The Morgan fingerprint density at radius 1 is 1.05 bits per heavy atom. The lowest BCUT2D eigenvalue weighted by atomic mass is 9.70. The number of nitrogens with zero attached hydrogens (tertiary/aromatic N) is 4. The summed E-state index contributed by atoms with van der Waals surface area (Å²) in [4.78, 5) is 31.3. The lowest BCUT2D eigenvalue weighted by Gasteiger charge is -2.35. The average molecular weight is 539 g/mol. The van der Waals surface area contributed by atoms with Gasteiger partial charge in [-0.3, -0.25) is 9.59 Å². The third-order valence-electron chi connectivity index (χ3n) is 8.96. The molecule has 1 amide bonds. The molecule has 4 aromatic rings. The molecular formula is C32H31FN4O3. The SMILES string of the molecule is C[C@@H]1c2ccccc2CCN1C(=O)c1cc(C2CC2)n2nc(-c3ccc(C4CC(CC(=O)O)C4)cc3F)cc2n1. The van der Waals surface area contributed by atoms with Crippen LogP contribution in [0.2, 0.25) is 0 Å². The van der Waals surface area contributed by atoms with Crippen LogP contribution in [0.1, 0.15) is 89.8 Å². The van der Waals surface area contributed by atoms with Gasteiger partial charge in [-0.2, -0.15) is 5.10 Å². The Morgan fingerprint density at radius 3 is 2.60 bits per heavy atom. The van der Waals surface area contributed by atoms with E-state index in [9.17, 15) is 9.59 Å². The van der Waals surface area contributed by atoms with Crippen LogP contribution in [0.5, 0.6) is 0 Å². The summed E-state index contributed by atoms with van der Waals surface area (Å²) in [6, 6.07) is 17.1. The van der Waals surface area contributed by atoms with E-state index >= 15 is 4.39 Å². The zero-order chi connectivity index (χ0) is 27.5. The second-order valence-corrected chi connectivity index (χ2v) is 11.6. The van der Waals surface area contributed by atoms with E-state index in [4.69, 9.17) is 15.2 Å². The molecule has 7 nitrogen and oxygen atoms in total. The molecule has 3 heterocycles. The molecule has 2 fully saturated rings.